The van der Waals surface area contributed by atoms with E-state index in [1.54, 1.807) is 13.2 Å². The predicted octanol–water partition coefficient (Wildman–Crippen LogP) is 3.12. The molecule has 1 unspecified atom stereocenters. The maximum atomic E-state index is 5.32. The molecule has 0 N–H and O–H groups in total. The Bertz CT molecular complexity index is 287. The van der Waals surface area contributed by atoms with E-state index in [-0.39, 0.29) is 6.10 Å². The van der Waals surface area contributed by atoms with Crippen LogP contribution in [0.4, 0.5) is 0 Å². The molecule has 0 aliphatic rings. The van der Waals surface area contributed by atoms with E-state index in [1.807, 2.05) is 30.3 Å². The van der Waals surface area contributed by atoms with Gasteiger partial charge in [-0.05, 0) is 11.1 Å². The fourth-order valence-corrected chi connectivity index (χ4v) is 1.24. The van der Waals surface area contributed by atoms with Gasteiger partial charge in [0.1, 0.15) is 6.10 Å². The highest BCUT2D eigenvalue weighted by Crippen LogP contribution is 2.23. The second-order valence-electron chi connectivity index (χ2n) is 2.81. The van der Waals surface area contributed by atoms with Crippen molar-refractivity contribution in [2.45, 2.75) is 6.10 Å². The molecule has 0 amide bonds. The molecule has 68 valence electrons. The third kappa shape index (κ3) is 2.30. The quantitative estimate of drug-likeness (QED) is 0.637. The van der Waals surface area contributed by atoms with Gasteiger partial charge < -0.3 is 4.74 Å². The van der Waals surface area contributed by atoms with Crippen molar-refractivity contribution in [3.8, 4) is 0 Å². The van der Waals surface area contributed by atoms with Gasteiger partial charge in [-0.25, -0.2) is 0 Å². The van der Waals surface area contributed by atoms with Gasteiger partial charge in [0.2, 0.25) is 0 Å². The van der Waals surface area contributed by atoms with Crippen LogP contribution in [-0.2, 0) is 4.74 Å². The van der Waals surface area contributed by atoms with Gasteiger partial charge in [-0.3, -0.25) is 0 Å². The van der Waals surface area contributed by atoms with Gasteiger partial charge in [0, 0.05) is 7.11 Å². The molecule has 0 fully saturated rings. The molecule has 1 heteroatoms. The summed E-state index contributed by atoms with van der Waals surface area (Å²) >= 11 is 0. The van der Waals surface area contributed by atoms with Crippen LogP contribution < -0.4 is 0 Å². The topological polar surface area (TPSA) is 9.23 Å². The van der Waals surface area contributed by atoms with Crippen molar-refractivity contribution in [2.24, 2.45) is 0 Å². The summed E-state index contributed by atoms with van der Waals surface area (Å²) in [5, 5.41) is 0. The molecule has 0 heterocycles. The van der Waals surface area contributed by atoms with Crippen molar-refractivity contribution in [3.63, 3.8) is 0 Å². The van der Waals surface area contributed by atoms with E-state index in [1.165, 1.54) is 0 Å². The molecule has 0 saturated heterocycles. The van der Waals surface area contributed by atoms with Gasteiger partial charge in [0.15, 0.2) is 0 Å². The zero-order chi connectivity index (χ0) is 9.68. The number of hydrogen-bond donors (Lipinski definition) is 0. The lowest BCUT2D eigenvalue weighted by molar-refractivity contribution is 0.136. The van der Waals surface area contributed by atoms with Gasteiger partial charge in [0.25, 0.3) is 0 Å². The van der Waals surface area contributed by atoms with Crippen LogP contribution in [-0.4, -0.2) is 7.11 Å². The molecule has 0 aromatic heterocycles. The van der Waals surface area contributed by atoms with E-state index in [0.29, 0.717) is 0 Å². The van der Waals surface area contributed by atoms with Gasteiger partial charge in [-0.15, -0.1) is 0 Å². The molecule has 0 aliphatic carbocycles. The van der Waals surface area contributed by atoms with Crippen LogP contribution >= 0.6 is 0 Å². The standard InChI is InChI=1S/C12H14O/c1-4-10(2)12(13-3)11-8-6-5-7-9-11/h4-9,12H,1-2H2,3H3. The Morgan fingerprint density at radius 3 is 2.46 bits per heavy atom. The van der Waals surface area contributed by atoms with Crippen molar-refractivity contribution in [1.82, 2.24) is 0 Å². The lowest BCUT2D eigenvalue weighted by Crippen LogP contribution is -2.02. The van der Waals surface area contributed by atoms with Crippen molar-refractivity contribution in [1.29, 1.82) is 0 Å². The van der Waals surface area contributed by atoms with Gasteiger partial charge in [0.05, 0.1) is 0 Å². The number of ether oxygens (including phenoxy) is 1. The highest BCUT2D eigenvalue weighted by atomic mass is 16.5. The van der Waals surface area contributed by atoms with Gasteiger partial charge in [-0.2, -0.15) is 0 Å². The Kier molecular flexibility index (Phi) is 3.47. The van der Waals surface area contributed by atoms with Crippen LogP contribution in [0.3, 0.4) is 0 Å². The second-order valence-corrected chi connectivity index (χ2v) is 2.81. The van der Waals surface area contributed by atoms with E-state index in [4.69, 9.17) is 4.74 Å². The van der Waals surface area contributed by atoms with Crippen molar-refractivity contribution >= 4 is 0 Å². The fourth-order valence-electron chi connectivity index (χ4n) is 1.24. The summed E-state index contributed by atoms with van der Waals surface area (Å²) in [7, 11) is 1.67. The summed E-state index contributed by atoms with van der Waals surface area (Å²) in [6.07, 6.45) is 1.65. The van der Waals surface area contributed by atoms with Crippen LogP contribution in [0.25, 0.3) is 0 Å². The van der Waals surface area contributed by atoms with E-state index >= 15 is 0 Å². The Hall–Kier alpha value is -1.34. The average Bonchev–Trinajstić information content (AvgIpc) is 2.20. The van der Waals surface area contributed by atoms with Crippen molar-refractivity contribution in [3.05, 3.63) is 60.7 Å². The molecule has 1 aromatic carbocycles. The monoisotopic (exact) mass is 174 g/mol. The molecule has 0 spiro atoms. The fraction of sp³-hybridized carbons (Fsp3) is 0.167. The maximum Gasteiger partial charge on any atom is 0.107 e. The summed E-state index contributed by atoms with van der Waals surface area (Å²) in [5.41, 5.74) is 1.99. The Labute approximate surface area is 79.4 Å². The highest BCUT2D eigenvalue weighted by molar-refractivity contribution is 5.29. The number of rotatable bonds is 4. The van der Waals surface area contributed by atoms with E-state index in [0.717, 1.165) is 11.1 Å². The first-order chi connectivity index (χ1) is 6.29. The van der Waals surface area contributed by atoms with E-state index in [9.17, 15) is 0 Å². The van der Waals surface area contributed by atoms with Gasteiger partial charge in [-0.1, -0.05) is 49.6 Å². The predicted molar refractivity (Wildman–Crippen MR) is 55.5 cm³/mol. The zero-order valence-electron chi connectivity index (χ0n) is 7.86. The summed E-state index contributed by atoms with van der Waals surface area (Å²) in [5.74, 6) is 0. The molecule has 1 rings (SSSR count). The molecular formula is C12H14O. The molecule has 13 heavy (non-hydrogen) atoms. The third-order valence-electron chi connectivity index (χ3n) is 1.94. The van der Waals surface area contributed by atoms with E-state index in [2.05, 4.69) is 13.2 Å². The number of methoxy groups -OCH3 is 1. The molecule has 0 radical (unpaired) electrons. The third-order valence-corrected chi connectivity index (χ3v) is 1.94. The summed E-state index contributed by atoms with van der Waals surface area (Å²) < 4.78 is 5.32. The summed E-state index contributed by atoms with van der Waals surface area (Å²) in [4.78, 5) is 0. The smallest absolute Gasteiger partial charge is 0.107 e. The first-order valence-electron chi connectivity index (χ1n) is 4.18. The lowest BCUT2D eigenvalue weighted by Gasteiger charge is -2.15. The number of hydrogen-bond acceptors (Lipinski definition) is 1. The SMILES string of the molecule is C=CC(=C)C(OC)c1ccccc1. The van der Waals surface area contributed by atoms with Crippen LogP contribution in [0.15, 0.2) is 55.1 Å². The molecule has 1 aromatic rings. The normalized spacial score (nSPS) is 12.1. The van der Waals surface area contributed by atoms with Crippen LogP contribution in [0.2, 0.25) is 0 Å². The second kappa shape index (κ2) is 4.63. The first kappa shape index (κ1) is 9.75. The Morgan fingerprint density at radius 1 is 1.38 bits per heavy atom. The summed E-state index contributed by atoms with van der Waals surface area (Å²) in [6.45, 7) is 7.55. The van der Waals surface area contributed by atoms with E-state index < -0.39 is 0 Å². The van der Waals surface area contributed by atoms with Crippen LogP contribution in [0, 0.1) is 0 Å². The molecular weight excluding hydrogens is 160 g/mol. The molecule has 1 atom stereocenters. The minimum Gasteiger partial charge on any atom is -0.372 e. The van der Waals surface area contributed by atoms with Crippen molar-refractivity contribution in [2.75, 3.05) is 7.11 Å². The van der Waals surface area contributed by atoms with Crippen LogP contribution in [0.1, 0.15) is 11.7 Å². The first-order valence-corrected chi connectivity index (χ1v) is 4.18. The summed E-state index contributed by atoms with van der Waals surface area (Å²) in [6, 6.07) is 9.98. The minimum absolute atomic E-state index is 0.0706. The molecule has 0 aliphatic heterocycles. The van der Waals surface area contributed by atoms with Gasteiger partial charge >= 0.3 is 0 Å². The Morgan fingerprint density at radius 2 is 2.00 bits per heavy atom. The minimum atomic E-state index is -0.0706. The van der Waals surface area contributed by atoms with Crippen molar-refractivity contribution < 1.29 is 4.74 Å². The number of benzene rings is 1. The maximum absolute atomic E-state index is 5.32. The molecule has 1 nitrogen and oxygen atoms in total. The highest BCUT2D eigenvalue weighted by Gasteiger charge is 2.10. The zero-order valence-corrected chi connectivity index (χ0v) is 7.86. The largest absolute Gasteiger partial charge is 0.372 e. The average molecular weight is 174 g/mol. The molecule has 0 bridgehead atoms. The van der Waals surface area contributed by atoms with Crippen LogP contribution in [0.5, 0.6) is 0 Å². The Balaban J connectivity index is 2.91. The molecule has 0 saturated carbocycles. The lowest BCUT2D eigenvalue weighted by atomic mass is 10.0.